The van der Waals surface area contributed by atoms with E-state index in [-0.39, 0.29) is 30.1 Å². The minimum Gasteiger partial charge on any atom is -0.491 e. The van der Waals surface area contributed by atoms with Gasteiger partial charge in [0.05, 0.1) is 18.0 Å². The van der Waals surface area contributed by atoms with Gasteiger partial charge in [-0.2, -0.15) is 0 Å². The molecule has 0 saturated carbocycles. The summed E-state index contributed by atoms with van der Waals surface area (Å²) in [6.45, 7) is 8.93. The second-order valence-electron chi connectivity index (χ2n) is 10.1. The number of fused-ring (bicyclic) bond motifs is 1. The van der Waals surface area contributed by atoms with Crippen molar-refractivity contribution in [1.82, 2.24) is 9.47 Å². The first-order valence-corrected chi connectivity index (χ1v) is 13.9. The number of carbonyl (C=O) groups excluding carboxylic acids is 2. The first-order valence-electron chi connectivity index (χ1n) is 13.0. The zero-order valence-corrected chi connectivity index (χ0v) is 23.3. The van der Waals surface area contributed by atoms with Gasteiger partial charge in [0.2, 0.25) is 0 Å². The number of carbonyl (C=O) groups is 2. The van der Waals surface area contributed by atoms with Crippen LogP contribution in [0.25, 0.3) is 17.0 Å². The molecule has 0 unspecified atom stereocenters. The van der Waals surface area contributed by atoms with Crippen molar-refractivity contribution >= 4 is 39.9 Å². The second-order valence-corrected chi connectivity index (χ2v) is 11.1. The lowest BCUT2D eigenvalue weighted by molar-refractivity contribution is -0.123. The van der Waals surface area contributed by atoms with Gasteiger partial charge in [0, 0.05) is 27.7 Å². The Bertz CT molecular complexity index is 1600. The van der Waals surface area contributed by atoms with Crippen molar-refractivity contribution in [2.75, 3.05) is 13.2 Å². The highest BCUT2D eigenvalue weighted by atomic mass is 32.2. The zero-order valence-electron chi connectivity index (χ0n) is 22.5. The fourth-order valence-corrected chi connectivity index (χ4v) is 5.80. The van der Waals surface area contributed by atoms with Crippen LogP contribution in [0.5, 0.6) is 5.75 Å². The topological polar surface area (TPSA) is 51.5 Å². The van der Waals surface area contributed by atoms with E-state index in [2.05, 4.69) is 26.0 Å². The Hall–Kier alpha value is -3.84. The average molecular weight is 543 g/mol. The summed E-state index contributed by atoms with van der Waals surface area (Å²) in [5, 5.41) is 0.637. The molecule has 0 spiro atoms. The predicted molar refractivity (Wildman–Crippen MR) is 156 cm³/mol. The molecule has 1 aromatic heterocycles. The van der Waals surface area contributed by atoms with Crippen molar-refractivity contribution in [3.05, 3.63) is 105 Å². The van der Waals surface area contributed by atoms with Crippen LogP contribution in [-0.4, -0.2) is 33.8 Å². The summed E-state index contributed by atoms with van der Waals surface area (Å²) in [6, 6.07) is 20.7. The fraction of sp³-hybridized carbons (Fsp3) is 0.250. The minimum atomic E-state index is -0.327. The molecule has 0 N–H and O–H groups in total. The standard InChI is InChI=1S/C32H31FN2O3S/c1-20(2)24-14-13-21(3)17-29(24)38-16-15-34-31(36)30(39-32(34)37)18-26-22(4)35(28-12-8-6-10-25(26)28)19-23-9-5-7-11-27(23)33/h5-14,17-18,20H,15-16,19H2,1-4H3/b30-18-. The molecule has 5 nitrogen and oxygen atoms in total. The van der Waals surface area contributed by atoms with E-state index >= 15 is 0 Å². The minimum absolute atomic E-state index is 0.168. The highest BCUT2D eigenvalue weighted by Crippen LogP contribution is 2.36. The lowest BCUT2D eigenvalue weighted by Crippen LogP contribution is -2.32. The van der Waals surface area contributed by atoms with E-state index in [0.29, 0.717) is 22.9 Å². The molecule has 5 rings (SSSR count). The van der Waals surface area contributed by atoms with Gasteiger partial charge in [0.1, 0.15) is 18.2 Å². The van der Waals surface area contributed by atoms with Gasteiger partial charge < -0.3 is 9.30 Å². The van der Waals surface area contributed by atoms with Crippen molar-refractivity contribution in [3.8, 4) is 5.75 Å². The molecular formula is C32H31FN2O3S. The maximum atomic E-state index is 14.4. The van der Waals surface area contributed by atoms with Crippen LogP contribution in [0.2, 0.25) is 0 Å². The number of aromatic nitrogens is 1. The molecule has 200 valence electrons. The lowest BCUT2D eigenvalue weighted by atomic mass is 10.0. The van der Waals surface area contributed by atoms with Crippen molar-refractivity contribution in [2.24, 2.45) is 0 Å². The Morgan fingerprint density at radius 2 is 1.74 bits per heavy atom. The first-order chi connectivity index (χ1) is 18.7. The molecular weight excluding hydrogens is 511 g/mol. The van der Waals surface area contributed by atoms with Crippen molar-refractivity contribution in [1.29, 1.82) is 0 Å². The largest absolute Gasteiger partial charge is 0.491 e. The molecule has 4 aromatic rings. The molecule has 0 bridgehead atoms. The van der Waals surface area contributed by atoms with E-state index in [4.69, 9.17) is 4.74 Å². The molecule has 2 heterocycles. The second kappa shape index (κ2) is 11.1. The SMILES string of the molecule is Cc1ccc(C(C)C)c(OCCN2C(=O)S/C(=C\c3c(C)n(Cc4ccccc4F)c4ccccc34)C2=O)c1. The maximum Gasteiger partial charge on any atom is 0.293 e. The number of para-hydroxylation sites is 1. The molecule has 3 aromatic carbocycles. The van der Waals surface area contributed by atoms with Crippen LogP contribution in [0.1, 0.15) is 47.7 Å². The number of aryl methyl sites for hydroxylation is 1. The number of amides is 2. The van der Waals surface area contributed by atoms with Crippen LogP contribution in [0.3, 0.4) is 0 Å². The molecule has 0 aliphatic carbocycles. The molecule has 0 radical (unpaired) electrons. The van der Waals surface area contributed by atoms with E-state index in [1.165, 1.54) is 11.0 Å². The average Bonchev–Trinajstić information content (AvgIpc) is 3.33. The number of hydrogen-bond donors (Lipinski definition) is 0. The van der Waals surface area contributed by atoms with Crippen molar-refractivity contribution < 1.29 is 18.7 Å². The summed E-state index contributed by atoms with van der Waals surface area (Å²) in [5.41, 5.74) is 5.46. The number of imide groups is 1. The normalized spacial score (nSPS) is 14.8. The van der Waals surface area contributed by atoms with Gasteiger partial charge in [0.15, 0.2) is 0 Å². The van der Waals surface area contributed by atoms with Gasteiger partial charge in [-0.05, 0) is 66.9 Å². The number of halogens is 1. The summed E-state index contributed by atoms with van der Waals surface area (Å²) in [6.07, 6.45) is 1.79. The van der Waals surface area contributed by atoms with Gasteiger partial charge in [-0.25, -0.2) is 4.39 Å². The van der Waals surface area contributed by atoms with Crippen molar-refractivity contribution in [2.45, 2.75) is 40.2 Å². The summed E-state index contributed by atoms with van der Waals surface area (Å²) in [7, 11) is 0. The van der Waals surface area contributed by atoms with Gasteiger partial charge in [0.25, 0.3) is 11.1 Å². The quantitative estimate of drug-likeness (QED) is 0.214. The third-order valence-electron chi connectivity index (χ3n) is 7.08. The fourth-order valence-electron chi connectivity index (χ4n) is 4.95. The molecule has 2 amide bonds. The highest BCUT2D eigenvalue weighted by molar-refractivity contribution is 8.18. The Labute approximate surface area is 232 Å². The number of thioether (sulfide) groups is 1. The van der Waals surface area contributed by atoms with Crippen LogP contribution in [0.15, 0.2) is 71.6 Å². The predicted octanol–water partition coefficient (Wildman–Crippen LogP) is 7.68. The van der Waals surface area contributed by atoms with E-state index in [0.717, 1.165) is 50.8 Å². The number of nitrogens with zero attached hydrogens (tertiary/aromatic N) is 2. The third kappa shape index (κ3) is 5.36. The van der Waals surface area contributed by atoms with Gasteiger partial charge in [-0.1, -0.05) is 62.4 Å². The van der Waals surface area contributed by atoms with E-state index < -0.39 is 0 Å². The lowest BCUT2D eigenvalue weighted by Gasteiger charge is -2.17. The third-order valence-corrected chi connectivity index (χ3v) is 7.99. The van der Waals surface area contributed by atoms with Gasteiger partial charge >= 0.3 is 0 Å². The highest BCUT2D eigenvalue weighted by Gasteiger charge is 2.35. The summed E-state index contributed by atoms with van der Waals surface area (Å²) in [4.78, 5) is 27.7. The summed E-state index contributed by atoms with van der Waals surface area (Å²) < 4.78 is 22.5. The Morgan fingerprint density at radius 1 is 1.00 bits per heavy atom. The van der Waals surface area contributed by atoms with Crippen LogP contribution in [-0.2, 0) is 11.3 Å². The first kappa shape index (κ1) is 26.8. The molecule has 7 heteroatoms. The number of benzene rings is 3. The Kier molecular flexibility index (Phi) is 7.62. The molecule has 0 atom stereocenters. The van der Waals surface area contributed by atoms with Crippen LogP contribution < -0.4 is 4.74 Å². The molecule has 39 heavy (non-hydrogen) atoms. The molecule has 1 fully saturated rings. The summed E-state index contributed by atoms with van der Waals surface area (Å²) in [5.74, 6) is 0.494. The van der Waals surface area contributed by atoms with E-state index in [9.17, 15) is 14.0 Å². The zero-order chi connectivity index (χ0) is 27.7. The van der Waals surface area contributed by atoms with Gasteiger partial charge in [-0.15, -0.1) is 0 Å². The number of rotatable bonds is 8. The Balaban J connectivity index is 1.38. The molecule has 1 aliphatic rings. The van der Waals surface area contributed by atoms with Crippen molar-refractivity contribution in [3.63, 3.8) is 0 Å². The smallest absolute Gasteiger partial charge is 0.293 e. The number of hydrogen-bond acceptors (Lipinski definition) is 4. The van der Waals surface area contributed by atoms with Crippen LogP contribution >= 0.6 is 11.8 Å². The molecule has 1 aliphatic heterocycles. The van der Waals surface area contributed by atoms with E-state index in [1.54, 1.807) is 18.2 Å². The number of ether oxygens (including phenoxy) is 1. The van der Waals surface area contributed by atoms with Gasteiger partial charge in [-0.3, -0.25) is 14.5 Å². The Morgan fingerprint density at radius 3 is 2.51 bits per heavy atom. The van der Waals surface area contributed by atoms with Crippen LogP contribution in [0.4, 0.5) is 9.18 Å². The van der Waals surface area contributed by atoms with Crippen LogP contribution in [0, 0.1) is 19.7 Å². The molecule has 1 saturated heterocycles. The maximum absolute atomic E-state index is 14.4. The van der Waals surface area contributed by atoms with E-state index in [1.807, 2.05) is 54.8 Å². The monoisotopic (exact) mass is 542 g/mol. The summed E-state index contributed by atoms with van der Waals surface area (Å²) >= 11 is 0.940.